The fraction of sp³-hybridized carbons (Fsp3) is 0.133. The lowest BCUT2D eigenvalue weighted by molar-refractivity contribution is -0.145. The van der Waals surface area contributed by atoms with E-state index in [1.807, 2.05) is 37.3 Å². The number of rotatable bonds is 9. The maximum Gasteiger partial charge on any atom is 0.349 e. The van der Waals surface area contributed by atoms with Crippen molar-refractivity contribution in [1.82, 2.24) is 20.3 Å². The number of amides is 1. The maximum absolute atomic E-state index is 12.9. The number of ether oxygens (including phenoxy) is 1. The van der Waals surface area contributed by atoms with E-state index in [0.717, 1.165) is 5.56 Å². The third-order valence-electron chi connectivity index (χ3n) is 6.48. The standard InChI is InChI=1S/C30H23Cl3N4O4/c1-17(18-5-3-2-4-6-18)34-29(38)19-7-12-27-26(14-19)35-36-37(27)16-20-13-22(9-11-24(20)32)41-28(30(39)40)23-10-8-21(31)15-25(23)33/h2-15,17,28H,16H2,1H3,(H,34,38)(H,39,40)/t17-,28?/m1/s1. The Bertz CT molecular complexity index is 1740. The number of fused-ring (bicyclic) bond motifs is 1. The van der Waals surface area contributed by atoms with Crippen LogP contribution in [-0.2, 0) is 11.3 Å². The lowest BCUT2D eigenvalue weighted by atomic mass is 10.1. The summed E-state index contributed by atoms with van der Waals surface area (Å²) >= 11 is 18.7. The summed E-state index contributed by atoms with van der Waals surface area (Å²) in [5.74, 6) is -1.16. The van der Waals surface area contributed by atoms with Crippen molar-refractivity contribution in [2.45, 2.75) is 25.6 Å². The molecule has 5 aromatic rings. The van der Waals surface area contributed by atoms with Gasteiger partial charge in [-0.05, 0) is 66.6 Å². The van der Waals surface area contributed by atoms with Gasteiger partial charge in [0.2, 0.25) is 6.10 Å². The van der Waals surface area contributed by atoms with Gasteiger partial charge in [-0.15, -0.1) is 5.10 Å². The number of aromatic nitrogens is 3. The molecule has 0 bridgehead atoms. The van der Waals surface area contributed by atoms with Gasteiger partial charge in [-0.2, -0.15) is 0 Å². The van der Waals surface area contributed by atoms with Gasteiger partial charge in [0.1, 0.15) is 11.3 Å². The van der Waals surface area contributed by atoms with Gasteiger partial charge >= 0.3 is 5.97 Å². The zero-order valence-corrected chi connectivity index (χ0v) is 23.9. The van der Waals surface area contributed by atoms with Crippen molar-refractivity contribution in [2.24, 2.45) is 0 Å². The van der Waals surface area contributed by atoms with Crippen molar-refractivity contribution in [3.8, 4) is 5.75 Å². The van der Waals surface area contributed by atoms with Crippen molar-refractivity contribution in [1.29, 1.82) is 0 Å². The molecule has 0 saturated heterocycles. The quantitative estimate of drug-likeness (QED) is 0.184. The van der Waals surface area contributed by atoms with Gasteiger partial charge in [-0.1, -0.05) is 76.4 Å². The van der Waals surface area contributed by atoms with Crippen LogP contribution in [0.1, 0.15) is 46.1 Å². The molecule has 2 atom stereocenters. The molecule has 0 aliphatic heterocycles. The Kier molecular flexibility index (Phi) is 8.44. The highest BCUT2D eigenvalue weighted by Crippen LogP contribution is 2.32. The van der Waals surface area contributed by atoms with Crippen LogP contribution in [0.2, 0.25) is 15.1 Å². The number of benzene rings is 4. The number of carbonyl (C=O) groups is 2. The summed E-state index contributed by atoms with van der Waals surface area (Å²) in [5.41, 5.74) is 3.58. The van der Waals surface area contributed by atoms with Crippen LogP contribution in [0, 0.1) is 0 Å². The molecular weight excluding hydrogens is 587 g/mol. The highest BCUT2D eigenvalue weighted by molar-refractivity contribution is 6.35. The molecule has 0 spiro atoms. The molecule has 1 aromatic heterocycles. The Morgan fingerprint density at radius 2 is 1.73 bits per heavy atom. The summed E-state index contributed by atoms with van der Waals surface area (Å²) in [6, 6.07) is 24.0. The van der Waals surface area contributed by atoms with E-state index < -0.39 is 12.1 Å². The van der Waals surface area contributed by atoms with Crippen LogP contribution in [-0.4, -0.2) is 32.0 Å². The van der Waals surface area contributed by atoms with Crippen LogP contribution in [0.15, 0.2) is 84.9 Å². The molecular formula is C30H23Cl3N4O4. The fourth-order valence-electron chi connectivity index (χ4n) is 4.34. The molecule has 0 saturated carbocycles. The zero-order valence-electron chi connectivity index (χ0n) is 21.6. The predicted octanol–water partition coefficient (Wildman–Crippen LogP) is 7.14. The number of carboxylic acid groups (broad SMARTS) is 1. The number of carbonyl (C=O) groups excluding carboxylic acids is 1. The average Bonchev–Trinajstić information content (AvgIpc) is 3.36. The van der Waals surface area contributed by atoms with Gasteiger partial charge in [0.25, 0.3) is 5.91 Å². The summed E-state index contributed by atoms with van der Waals surface area (Å²) in [5, 5.41) is 22.3. The summed E-state index contributed by atoms with van der Waals surface area (Å²) in [6.07, 6.45) is -1.37. The normalized spacial score (nSPS) is 12.6. The molecule has 4 aromatic carbocycles. The molecule has 2 N–H and O–H groups in total. The fourth-order valence-corrected chi connectivity index (χ4v) is 5.02. The van der Waals surface area contributed by atoms with Crippen LogP contribution < -0.4 is 10.1 Å². The summed E-state index contributed by atoms with van der Waals surface area (Å²) in [7, 11) is 0. The summed E-state index contributed by atoms with van der Waals surface area (Å²) < 4.78 is 7.45. The summed E-state index contributed by atoms with van der Waals surface area (Å²) in [6.45, 7) is 2.15. The van der Waals surface area contributed by atoms with E-state index in [0.29, 0.717) is 32.2 Å². The van der Waals surface area contributed by atoms with Crippen molar-refractivity contribution in [2.75, 3.05) is 0 Å². The smallest absolute Gasteiger partial charge is 0.349 e. The number of halogens is 3. The Morgan fingerprint density at radius 1 is 0.951 bits per heavy atom. The Morgan fingerprint density at radius 3 is 2.46 bits per heavy atom. The van der Waals surface area contributed by atoms with E-state index in [9.17, 15) is 14.7 Å². The number of nitrogens with one attached hydrogen (secondary N) is 1. The van der Waals surface area contributed by atoms with Crippen LogP contribution in [0.5, 0.6) is 5.75 Å². The highest BCUT2D eigenvalue weighted by atomic mass is 35.5. The van der Waals surface area contributed by atoms with E-state index in [1.54, 1.807) is 47.1 Å². The molecule has 1 heterocycles. The van der Waals surface area contributed by atoms with Crippen LogP contribution >= 0.6 is 34.8 Å². The molecule has 0 fully saturated rings. The monoisotopic (exact) mass is 608 g/mol. The van der Waals surface area contributed by atoms with E-state index in [2.05, 4.69) is 15.6 Å². The van der Waals surface area contributed by atoms with Crippen LogP contribution in [0.4, 0.5) is 0 Å². The van der Waals surface area contributed by atoms with Gasteiger partial charge in [-0.3, -0.25) is 4.79 Å². The van der Waals surface area contributed by atoms with Crippen molar-refractivity contribution < 1.29 is 19.4 Å². The SMILES string of the molecule is C[C@@H](NC(=O)c1ccc2c(c1)nnn2Cc1cc(OC(C(=O)O)c2ccc(Cl)cc2Cl)ccc1Cl)c1ccccc1. The second kappa shape index (κ2) is 12.2. The van der Waals surface area contributed by atoms with E-state index >= 15 is 0 Å². The molecule has 11 heteroatoms. The summed E-state index contributed by atoms with van der Waals surface area (Å²) in [4.78, 5) is 24.9. The van der Waals surface area contributed by atoms with Gasteiger partial charge in [0.05, 0.1) is 18.1 Å². The molecule has 8 nitrogen and oxygen atoms in total. The number of carboxylic acids is 1. The number of hydrogen-bond acceptors (Lipinski definition) is 5. The molecule has 0 radical (unpaired) electrons. The molecule has 0 aliphatic rings. The average molecular weight is 610 g/mol. The number of aliphatic carboxylic acids is 1. The predicted molar refractivity (Wildman–Crippen MR) is 158 cm³/mol. The van der Waals surface area contributed by atoms with E-state index in [-0.39, 0.29) is 34.8 Å². The highest BCUT2D eigenvalue weighted by Gasteiger charge is 2.25. The third kappa shape index (κ3) is 6.46. The topological polar surface area (TPSA) is 106 Å². The Hall–Kier alpha value is -4.11. The minimum Gasteiger partial charge on any atom is -0.478 e. The third-order valence-corrected chi connectivity index (χ3v) is 7.41. The Balaban J connectivity index is 1.34. The van der Waals surface area contributed by atoms with Gasteiger partial charge in [0, 0.05) is 26.2 Å². The maximum atomic E-state index is 12.9. The molecule has 208 valence electrons. The van der Waals surface area contributed by atoms with E-state index in [1.165, 1.54) is 12.1 Å². The van der Waals surface area contributed by atoms with E-state index in [4.69, 9.17) is 39.5 Å². The lowest BCUT2D eigenvalue weighted by Crippen LogP contribution is -2.26. The second-order valence-corrected chi connectivity index (χ2v) is 10.6. The lowest BCUT2D eigenvalue weighted by Gasteiger charge is -2.18. The van der Waals surface area contributed by atoms with Gasteiger partial charge in [-0.25, -0.2) is 9.48 Å². The van der Waals surface area contributed by atoms with Gasteiger partial charge in [0.15, 0.2) is 0 Å². The van der Waals surface area contributed by atoms with Crippen molar-refractivity contribution >= 4 is 57.7 Å². The number of nitrogens with zero attached hydrogens (tertiary/aromatic N) is 3. The second-order valence-electron chi connectivity index (χ2n) is 9.31. The molecule has 0 aliphatic carbocycles. The molecule has 1 unspecified atom stereocenters. The van der Waals surface area contributed by atoms with Crippen LogP contribution in [0.25, 0.3) is 11.0 Å². The first kappa shape index (κ1) is 28.4. The first-order chi connectivity index (χ1) is 19.7. The minimum atomic E-state index is -1.37. The Labute approximate surface area is 250 Å². The zero-order chi connectivity index (χ0) is 29.1. The minimum absolute atomic E-state index is 0.164. The number of hydrogen-bond donors (Lipinski definition) is 2. The van der Waals surface area contributed by atoms with Crippen molar-refractivity contribution in [3.05, 3.63) is 122 Å². The first-order valence-corrected chi connectivity index (χ1v) is 13.6. The van der Waals surface area contributed by atoms with Gasteiger partial charge < -0.3 is 15.2 Å². The molecule has 41 heavy (non-hydrogen) atoms. The largest absolute Gasteiger partial charge is 0.478 e. The van der Waals surface area contributed by atoms with Crippen molar-refractivity contribution in [3.63, 3.8) is 0 Å². The van der Waals surface area contributed by atoms with Crippen LogP contribution in [0.3, 0.4) is 0 Å². The molecule has 5 rings (SSSR count). The first-order valence-electron chi connectivity index (χ1n) is 12.5. The molecule has 1 amide bonds.